The SMILES string of the molecule is CNC(=O)C1CN(S(=O)(=O)c2ccc3cc(Cl)ccc3c2)CCN1.O=C(O)C(F)(F)F. The van der Waals surface area contributed by atoms with E-state index in [1.54, 1.807) is 36.4 Å². The fourth-order valence-electron chi connectivity index (χ4n) is 2.80. The number of carboxylic acid groups (broad SMARTS) is 1. The Bertz CT molecular complexity index is 1080. The summed E-state index contributed by atoms with van der Waals surface area (Å²) in [5.74, 6) is -2.98. The van der Waals surface area contributed by atoms with Crippen LogP contribution in [0.2, 0.25) is 5.02 Å². The Hall–Kier alpha value is -2.41. The van der Waals surface area contributed by atoms with Crippen LogP contribution in [0.1, 0.15) is 0 Å². The van der Waals surface area contributed by atoms with Crippen molar-refractivity contribution >= 4 is 44.3 Å². The zero-order valence-electron chi connectivity index (χ0n) is 16.1. The van der Waals surface area contributed by atoms with Crippen LogP contribution >= 0.6 is 11.6 Å². The molecule has 3 N–H and O–H groups in total. The van der Waals surface area contributed by atoms with Crippen molar-refractivity contribution in [3.8, 4) is 0 Å². The minimum absolute atomic E-state index is 0.112. The number of sulfonamides is 1. The molecule has 1 aliphatic heterocycles. The molecule has 2 aromatic carbocycles. The predicted octanol–water partition coefficient (Wildman–Crippen LogP) is 1.84. The Morgan fingerprint density at radius 2 is 1.77 bits per heavy atom. The van der Waals surface area contributed by atoms with Gasteiger partial charge < -0.3 is 15.7 Å². The number of rotatable bonds is 3. The Morgan fingerprint density at radius 1 is 1.19 bits per heavy atom. The maximum Gasteiger partial charge on any atom is 0.490 e. The van der Waals surface area contributed by atoms with Gasteiger partial charge in [-0.2, -0.15) is 17.5 Å². The van der Waals surface area contributed by atoms with E-state index in [-0.39, 0.29) is 17.3 Å². The molecule has 1 saturated heterocycles. The van der Waals surface area contributed by atoms with E-state index in [0.717, 1.165) is 10.8 Å². The first kappa shape index (κ1) is 24.9. The van der Waals surface area contributed by atoms with Crippen LogP contribution in [-0.2, 0) is 19.6 Å². The van der Waals surface area contributed by atoms with Crippen molar-refractivity contribution in [3.63, 3.8) is 0 Å². The highest BCUT2D eigenvalue weighted by Gasteiger charge is 2.38. The molecule has 1 fully saturated rings. The lowest BCUT2D eigenvalue weighted by atomic mass is 10.1. The molecule has 1 heterocycles. The van der Waals surface area contributed by atoms with Crippen molar-refractivity contribution in [2.75, 3.05) is 26.7 Å². The number of likely N-dealkylation sites (N-methyl/N-ethyl adjacent to an activating group) is 1. The van der Waals surface area contributed by atoms with E-state index >= 15 is 0 Å². The summed E-state index contributed by atoms with van der Waals surface area (Å²) in [6, 6.07) is 9.72. The topological polar surface area (TPSA) is 116 Å². The van der Waals surface area contributed by atoms with Gasteiger partial charge in [0.2, 0.25) is 15.9 Å². The number of benzene rings is 2. The van der Waals surface area contributed by atoms with E-state index in [2.05, 4.69) is 10.6 Å². The Labute approximate surface area is 181 Å². The van der Waals surface area contributed by atoms with Gasteiger partial charge in [-0.25, -0.2) is 13.2 Å². The number of hydrogen-bond donors (Lipinski definition) is 3. The third-order valence-corrected chi connectivity index (χ3v) is 6.45. The minimum Gasteiger partial charge on any atom is -0.475 e. The lowest BCUT2D eigenvalue weighted by Crippen LogP contribution is -2.57. The molecule has 1 atom stereocenters. The molecule has 31 heavy (non-hydrogen) atoms. The van der Waals surface area contributed by atoms with Crippen LogP contribution in [0.15, 0.2) is 41.3 Å². The average molecular weight is 482 g/mol. The number of piperazine rings is 1. The number of hydrogen-bond acceptors (Lipinski definition) is 5. The normalized spacial score (nSPS) is 17.5. The fourth-order valence-corrected chi connectivity index (χ4v) is 4.47. The van der Waals surface area contributed by atoms with E-state index in [9.17, 15) is 26.4 Å². The molecule has 170 valence electrons. The van der Waals surface area contributed by atoms with E-state index in [0.29, 0.717) is 18.1 Å². The van der Waals surface area contributed by atoms with E-state index in [1.807, 2.05) is 0 Å². The van der Waals surface area contributed by atoms with Gasteiger partial charge in [0.25, 0.3) is 0 Å². The highest BCUT2D eigenvalue weighted by molar-refractivity contribution is 7.89. The van der Waals surface area contributed by atoms with Gasteiger partial charge in [-0.05, 0) is 35.0 Å². The Morgan fingerprint density at radius 3 is 2.35 bits per heavy atom. The second-order valence-electron chi connectivity index (χ2n) is 6.44. The molecule has 0 bridgehead atoms. The number of nitrogens with one attached hydrogen (secondary N) is 2. The van der Waals surface area contributed by atoms with Crippen molar-refractivity contribution in [1.29, 1.82) is 0 Å². The van der Waals surface area contributed by atoms with Gasteiger partial charge in [-0.3, -0.25) is 4.79 Å². The molecule has 1 unspecified atom stereocenters. The van der Waals surface area contributed by atoms with Gasteiger partial charge in [-0.1, -0.05) is 23.7 Å². The number of nitrogens with zero attached hydrogens (tertiary/aromatic N) is 1. The Kier molecular flexibility index (Phi) is 7.87. The van der Waals surface area contributed by atoms with Gasteiger partial charge in [-0.15, -0.1) is 0 Å². The van der Waals surface area contributed by atoms with Crippen LogP contribution in [0.3, 0.4) is 0 Å². The van der Waals surface area contributed by atoms with Gasteiger partial charge in [0, 0.05) is 31.7 Å². The number of halogens is 4. The molecule has 0 radical (unpaired) electrons. The summed E-state index contributed by atoms with van der Waals surface area (Å²) < 4.78 is 58.9. The number of carbonyl (C=O) groups is 2. The van der Waals surface area contributed by atoms with Gasteiger partial charge in [0.05, 0.1) is 4.90 Å². The number of alkyl halides is 3. The summed E-state index contributed by atoms with van der Waals surface area (Å²) in [7, 11) is -2.12. The first-order valence-corrected chi connectivity index (χ1v) is 10.6. The molecular weight excluding hydrogens is 463 g/mol. The summed E-state index contributed by atoms with van der Waals surface area (Å²) in [6.45, 7) is 0.871. The molecule has 2 aromatic rings. The second-order valence-corrected chi connectivity index (χ2v) is 8.81. The van der Waals surface area contributed by atoms with Gasteiger partial charge in [0.1, 0.15) is 6.04 Å². The van der Waals surface area contributed by atoms with Gasteiger partial charge in [0.15, 0.2) is 0 Å². The molecule has 8 nitrogen and oxygen atoms in total. The molecule has 3 rings (SSSR count). The number of carboxylic acids is 1. The van der Waals surface area contributed by atoms with Crippen molar-refractivity contribution in [2.24, 2.45) is 0 Å². The lowest BCUT2D eigenvalue weighted by molar-refractivity contribution is -0.192. The van der Waals surface area contributed by atoms with E-state index in [4.69, 9.17) is 21.5 Å². The monoisotopic (exact) mass is 481 g/mol. The summed E-state index contributed by atoms with van der Waals surface area (Å²) in [4.78, 5) is 20.9. The molecule has 0 aromatic heterocycles. The van der Waals surface area contributed by atoms with Crippen LogP contribution in [0.4, 0.5) is 13.2 Å². The largest absolute Gasteiger partial charge is 0.490 e. The van der Waals surface area contributed by atoms with Gasteiger partial charge >= 0.3 is 12.1 Å². The summed E-state index contributed by atoms with van der Waals surface area (Å²) in [5, 5.41) is 15.0. The van der Waals surface area contributed by atoms with E-state index in [1.165, 1.54) is 11.4 Å². The quantitative estimate of drug-likeness (QED) is 0.616. The number of amides is 1. The van der Waals surface area contributed by atoms with Crippen LogP contribution in [0.5, 0.6) is 0 Å². The second kappa shape index (κ2) is 9.81. The highest BCUT2D eigenvalue weighted by atomic mass is 35.5. The fraction of sp³-hybridized carbons (Fsp3) is 0.333. The predicted molar refractivity (Wildman–Crippen MR) is 107 cm³/mol. The molecule has 0 saturated carbocycles. The molecule has 0 aliphatic carbocycles. The van der Waals surface area contributed by atoms with Crippen molar-refractivity contribution < 1.29 is 36.3 Å². The zero-order chi connectivity index (χ0) is 23.4. The van der Waals surface area contributed by atoms with Crippen LogP contribution < -0.4 is 10.6 Å². The summed E-state index contributed by atoms with van der Waals surface area (Å²) >= 11 is 5.96. The summed E-state index contributed by atoms with van der Waals surface area (Å²) in [5.41, 5.74) is 0. The van der Waals surface area contributed by atoms with Crippen LogP contribution in [-0.4, -0.2) is 68.6 Å². The first-order chi connectivity index (χ1) is 14.4. The molecule has 13 heteroatoms. The van der Waals surface area contributed by atoms with E-state index < -0.39 is 28.2 Å². The maximum absolute atomic E-state index is 12.9. The third-order valence-electron chi connectivity index (χ3n) is 4.36. The molecule has 0 spiro atoms. The zero-order valence-corrected chi connectivity index (χ0v) is 17.7. The summed E-state index contributed by atoms with van der Waals surface area (Å²) in [6.07, 6.45) is -5.08. The smallest absolute Gasteiger partial charge is 0.475 e. The molecule has 1 amide bonds. The maximum atomic E-state index is 12.9. The first-order valence-electron chi connectivity index (χ1n) is 8.81. The van der Waals surface area contributed by atoms with Crippen molar-refractivity contribution in [3.05, 3.63) is 41.4 Å². The number of carbonyl (C=O) groups excluding carboxylic acids is 1. The van der Waals surface area contributed by atoms with Crippen molar-refractivity contribution in [2.45, 2.75) is 17.1 Å². The lowest BCUT2D eigenvalue weighted by Gasteiger charge is -2.31. The number of fused-ring (bicyclic) bond motifs is 1. The third kappa shape index (κ3) is 6.29. The van der Waals surface area contributed by atoms with Crippen LogP contribution in [0.25, 0.3) is 10.8 Å². The highest BCUT2D eigenvalue weighted by Crippen LogP contribution is 2.25. The minimum atomic E-state index is -5.08. The Balaban J connectivity index is 0.000000423. The molecular formula is C18H19ClF3N3O5S. The number of aliphatic carboxylic acids is 1. The van der Waals surface area contributed by atoms with Crippen LogP contribution in [0, 0.1) is 0 Å². The average Bonchev–Trinajstić information content (AvgIpc) is 2.72. The standard InChI is InChI=1S/C16H18ClN3O3S.C2HF3O2/c1-18-16(21)15-10-20(7-6-19-15)24(22,23)14-5-3-11-8-13(17)4-2-12(11)9-14;3-2(4,5)1(6)7/h2-5,8-9,15,19H,6-7,10H2,1H3,(H,18,21);(H,6,7). The van der Waals surface area contributed by atoms with Crippen molar-refractivity contribution in [1.82, 2.24) is 14.9 Å². The molecule has 1 aliphatic rings.